The maximum absolute atomic E-state index is 13.8. The molecule has 1 heterocycles. The Balaban J connectivity index is 2.17. The largest absolute Gasteiger partial charge is 0.487 e. The van der Waals surface area contributed by atoms with Crippen LogP contribution in [0.4, 0.5) is 4.39 Å². The maximum atomic E-state index is 13.8. The van der Waals surface area contributed by atoms with Gasteiger partial charge in [0.2, 0.25) is 0 Å². The lowest BCUT2D eigenvalue weighted by molar-refractivity contribution is -0.0846. The molecule has 1 aromatic rings. The highest BCUT2D eigenvalue weighted by molar-refractivity contribution is 5.30. The molecule has 1 saturated heterocycles. The van der Waals surface area contributed by atoms with E-state index < -0.39 is 17.5 Å². The minimum absolute atomic E-state index is 0.130. The van der Waals surface area contributed by atoms with Crippen LogP contribution < -0.4 is 4.74 Å². The van der Waals surface area contributed by atoms with E-state index in [0.717, 1.165) is 6.42 Å². The molecule has 0 saturated carbocycles. The fraction of sp³-hybridized carbons (Fsp3) is 0.625. The van der Waals surface area contributed by atoms with Gasteiger partial charge in [0.05, 0.1) is 11.7 Å². The van der Waals surface area contributed by atoms with Crippen LogP contribution >= 0.6 is 0 Å². The van der Waals surface area contributed by atoms with Gasteiger partial charge in [-0.25, -0.2) is 4.39 Å². The Bertz CT molecular complexity index is 494. The lowest BCUT2D eigenvalue weighted by Crippen LogP contribution is -2.36. The highest BCUT2D eigenvalue weighted by Crippen LogP contribution is 2.39. The predicted octanol–water partition coefficient (Wildman–Crippen LogP) is 3.60. The first-order valence-electron chi connectivity index (χ1n) is 6.95. The van der Waals surface area contributed by atoms with E-state index in [1.54, 1.807) is 12.1 Å². The second-order valence-electron chi connectivity index (χ2n) is 6.64. The van der Waals surface area contributed by atoms with Gasteiger partial charge in [-0.3, -0.25) is 0 Å². The van der Waals surface area contributed by atoms with Crippen LogP contribution in [-0.4, -0.2) is 22.4 Å². The average Bonchev–Trinajstić information content (AvgIpc) is 2.45. The van der Waals surface area contributed by atoms with Crippen LogP contribution in [0.2, 0.25) is 0 Å². The normalized spacial score (nSPS) is 25.4. The molecule has 4 heteroatoms. The quantitative estimate of drug-likeness (QED) is 0.920. The fourth-order valence-electron chi connectivity index (χ4n) is 2.78. The molecule has 1 unspecified atom stereocenters. The van der Waals surface area contributed by atoms with Crippen molar-refractivity contribution < 1.29 is 19.0 Å². The van der Waals surface area contributed by atoms with Crippen molar-refractivity contribution in [1.82, 2.24) is 0 Å². The van der Waals surface area contributed by atoms with Crippen molar-refractivity contribution >= 4 is 0 Å². The molecule has 0 bridgehead atoms. The summed E-state index contributed by atoms with van der Waals surface area (Å²) in [5.41, 5.74) is -0.380. The van der Waals surface area contributed by atoms with E-state index in [-0.39, 0.29) is 17.3 Å². The smallest absolute Gasteiger partial charge is 0.132 e. The Morgan fingerprint density at radius 3 is 2.45 bits per heavy atom. The van der Waals surface area contributed by atoms with Crippen molar-refractivity contribution in [2.45, 2.75) is 64.4 Å². The number of benzene rings is 1. The van der Waals surface area contributed by atoms with Crippen molar-refractivity contribution in [3.05, 3.63) is 29.6 Å². The first kappa shape index (κ1) is 15.3. The van der Waals surface area contributed by atoms with Gasteiger partial charge in [0.1, 0.15) is 23.3 Å². The molecule has 0 spiro atoms. The third-order valence-electron chi connectivity index (χ3n) is 3.69. The third-order valence-corrected chi connectivity index (χ3v) is 3.69. The fourth-order valence-corrected chi connectivity index (χ4v) is 2.78. The second-order valence-corrected chi connectivity index (χ2v) is 6.64. The van der Waals surface area contributed by atoms with Crippen molar-refractivity contribution in [2.75, 3.05) is 0 Å². The number of rotatable bonds is 3. The minimum atomic E-state index is -0.825. The monoisotopic (exact) mass is 282 g/mol. The molecule has 2 rings (SSSR count). The Labute approximate surface area is 119 Å². The van der Waals surface area contributed by atoms with Gasteiger partial charge in [-0.05, 0) is 46.8 Å². The summed E-state index contributed by atoms with van der Waals surface area (Å²) in [6.45, 7) is 9.54. The molecular weight excluding hydrogens is 259 g/mol. The minimum Gasteiger partial charge on any atom is -0.487 e. The van der Waals surface area contributed by atoms with E-state index in [1.165, 1.54) is 13.0 Å². The van der Waals surface area contributed by atoms with Gasteiger partial charge in [-0.15, -0.1) is 0 Å². The summed E-state index contributed by atoms with van der Waals surface area (Å²) < 4.78 is 25.7. The Morgan fingerprint density at radius 1 is 1.35 bits per heavy atom. The molecule has 1 aliphatic rings. The van der Waals surface area contributed by atoms with Crippen LogP contribution in [0.15, 0.2) is 18.2 Å². The Hall–Kier alpha value is -1.13. The summed E-state index contributed by atoms with van der Waals surface area (Å²) >= 11 is 0. The summed E-state index contributed by atoms with van der Waals surface area (Å²) in [5, 5.41) is 9.43. The molecule has 1 aliphatic heterocycles. The second kappa shape index (κ2) is 5.01. The van der Waals surface area contributed by atoms with Crippen LogP contribution in [-0.2, 0) is 4.74 Å². The number of hydrogen-bond donors (Lipinski definition) is 1. The van der Waals surface area contributed by atoms with Crippen LogP contribution in [0.5, 0.6) is 5.75 Å². The predicted molar refractivity (Wildman–Crippen MR) is 75.3 cm³/mol. The number of hydrogen-bond acceptors (Lipinski definition) is 3. The van der Waals surface area contributed by atoms with Gasteiger partial charge < -0.3 is 14.6 Å². The summed E-state index contributed by atoms with van der Waals surface area (Å²) in [7, 11) is 0. The van der Waals surface area contributed by atoms with Crippen molar-refractivity contribution in [3.8, 4) is 5.75 Å². The molecule has 1 aromatic carbocycles. The van der Waals surface area contributed by atoms with Crippen molar-refractivity contribution in [3.63, 3.8) is 0 Å². The molecule has 0 amide bonds. The van der Waals surface area contributed by atoms with Gasteiger partial charge in [-0.2, -0.15) is 0 Å². The van der Waals surface area contributed by atoms with Gasteiger partial charge in [0.15, 0.2) is 0 Å². The molecule has 0 radical (unpaired) electrons. The Kier molecular flexibility index (Phi) is 3.82. The zero-order valence-corrected chi connectivity index (χ0v) is 12.7. The molecule has 112 valence electrons. The summed E-state index contributed by atoms with van der Waals surface area (Å²) in [6, 6.07) is 4.57. The summed E-state index contributed by atoms with van der Waals surface area (Å²) in [4.78, 5) is 0. The first-order chi connectivity index (χ1) is 9.11. The highest BCUT2D eigenvalue weighted by atomic mass is 19.1. The zero-order chi connectivity index (χ0) is 15.1. The van der Waals surface area contributed by atoms with Crippen LogP contribution in [0.3, 0.4) is 0 Å². The van der Waals surface area contributed by atoms with Crippen LogP contribution in [0.25, 0.3) is 0 Å². The number of aliphatic hydroxyl groups excluding tert-OH is 1. The van der Waals surface area contributed by atoms with Crippen molar-refractivity contribution in [2.24, 2.45) is 0 Å². The molecule has 1 fully saturated rings. The highest BCUT2D eigenvalue weighted by Gasteiger charge is 2.47. The molecule has 2 atom stereocenters. The van der Waals surface area contributed by atoms with Gasteiger partial charge in [-0.1, -0.05) is 0 Å². The van der Waals surface area contributed by atoms with Crippen molar-refractivity contribution in [1.29, 1.82) is 0 Å². The van der Waals surface area contributed by atoms with E-state index in [1.807, 2.05) is 27.7 Å². The summed E-state index contributed by atoms with van der Waals surface area (Å²) in [5.74, 6) is 0.0137. The summed E-state index contributed by atoms with van der Waals surface area (Å²) in [6.07, 6.45) is -0.205. The number of ether oxygens (including phenoxy) is 2. The van der Waals surface area contributed by atoms with Crippen LogP contribution in [0.1, 0.15) is 52.7 Å². The van der Waals surface area contributed by atoms with Gasteiger partial charge in [0.25, 0.3) is 0 Å². The standard InChI is InChI=1S/C16H23FO3/c1-10(18)12-7-6-11(8-13(12)17)19-14-9-15(2,3)20-16(14,4)5/h6-8,10,14,18H,9H2,1-5H3/t10-,14?/m1/s1. The van der Waals surface area contributed by atoms with E-state index in [0.29, 0.717) is 5.75 Å². The molecule has 0 aliphatic carbocycles. The van der Waals surface area contributed by atoms with Gasteiger partial charge >= 0.3 is 0 Å². The van der Waals surface area contributed by atoms with E-state index in [4.69, 9.17) is 9.47 Å². The first-order valence-corrected chi connectivity index (χ1v) is 6.95. The van der Waals surface area contributed by atoms with Gasteiger partial charge in [0, 0.05) is 18.1 Å². The van der Waals surface area contributed by atoms with Crippen LogP contribution in [0, 0.1) is 5.82 Å². The molecular formula is C16H23FO3. The topological polar surface area (TPSA) is 38.7 Å². The molecule has 0 aromatic heterocycles. The number of aliphatic hydroxyl groups is 1. The number of halogens is 1. The average molecular weight is 282 g/mol. The SMILES string of the molecule is C[C@@H](O)c1ccc(OC2CC(C)(C)OC2(C)C)cc1F. The zero-order valence-electron chi connectivity index (χ0n) is 12.7. The lowest BCUT2D eigenvalue weighted by atomic mass is 9.97. The van der Waals surface area contributed by atoms with E-state index in [9.17, 15) is 9.50 Å². The molecule has 1 N–H and O–H groups in total. The molecule has 3 nitrogen and oxygen atoms in total. The molecule has 20 heavy (non-hydrogen) atoms. The Morgan fingerprint density at radius 2 is 2.00 bits per heavy atom. The lowest BCUT2D eigenvalue weighted by Gasteiger charge is -2.27. The van der Waals surface area contributed by atoms with E-state index in [2.05, 4.69) is 0 Å². The third kappa shape index (κ3) is 3.13. The van der Waals surface area contributed by atoms with E-state index >= 15 is 0 Å². The maximum Gasteiger partial charge on any atom is 0.132 e.